The number of nitrogens with zero attached hydrogens (tertiary/aromatic N) is 2. The number of nitro benzene ring substituents is 1. The van der Waals surface area contributed by atoms with Crippen LogP contribution < -0.4 is 15.0 Å². The summed E-state index contributed by atoms with van der Waals surface area (Å²) in [5, 5.41) is 13.4. The lowest BCUT2D eigenvalue weighted by molar-refractivity contribution is -0.384. The van der Waals surface area contributed by atoms with Crippen LogP contribution in [0.4, 0.5) is 17.1 Å². The Morgan fingerprint density at radius 1 is 1.25 bits per heavy atom. The number of nitro groups is 1. The topological polar surface area (TPSA) is 119 Å². The van der Waals surface area contributed by atoms with Crippen molar-refractivity contribution in [2.75, 3.05) is 16.8 Å². The van der Waals surface area contributed by atoms with Crippen LogP contribution in [0.1, 0.15) is 24.2 Å². The number of rotatable bonds is 5. The fourth-order valence-corrected chi connectivity index (χ4v) is 2.83. The first-order valence-corrected chi connectivity index (χ1v) is 8.43. The van der Waals surface area contributed by atoms with Gasteiger partial charge in [0.05, 0.1) is 10.6 Å². The molecule has 1 heterocycles. The lowest BCUT2D eigenvalue weighted by Crippen LogP contribution is -2.47. The van der Waals surface area contributed by atoms with Crippen molar-refractivity contribution in [2.24, 2.45) is 0 Å². The number of non-ortho nitro benzene ring substituents is 1. The summed E-state index contributed by atoms with van der Waals surface area (Å²) >= 11 is 0. The Hall–Kier alpha value is -3.75. The van der Waals surface area contributed by atoms with Crippen LogP contribution in [0.5, 0.6) is 5.75 Å². The molecule has 0 saturated carbocycles. The molecule has 0 aliphatic carbocycles. The van der Waals surface area contributed by atoms with E-state index in [4.69, 9.17) is 4.74 Å². The molecule has 1 unspecified atom stereocenters. The normalized spacial score (nSPS) is 15.4. The maximum Gasteiger partial charge on any atom is 0.271 e. The summed E-state index contributed by atoms with van der Waals surface area (Å²) < 4.78 is 5.54. The van der Waals surface area contributed by atoms with E-state index >= 15 is 0 Å². The number of ketones is 1. The first-order valence-electron chi connectivity index (χ1n) is 8.43. The van der Waals surface area contributed by atoms with E-state index in [1.807, 2.05) is 0 Å². The standard InChI is InChI=1S/C19H17N3O6/c1-11(23)13-6-7-17-16(8-13)21(19(25)12(2)28-17)10-18(24)20-14-4-3-5-15(9-14)22(26)27/h3-9,12H,10H2,1-2H3,(H,20,24). The van der Waals surface area contributed by atoms with E-state index in [1.54, 1.807) is 19.1 Å². The molecule has 1 atom stereocenters. The predicted octanol–water partition coefficient (Wildman–Crippen LogP) is 2.55. The van der Waals surface area contributed by atoms with Crippen molar-refractivity contribution >= 4 is 34.7 Å². The zero-order valence-electron chi connectivity index (χ0n) is 15.2. The Kier molecular flexibility index (Phi) is 5.08. The summed E-state index contributed by atoms with van der Waals surface area (Å²) in [7, 11) is 0. The van der Waals surface area contributed by atoms with E-state index in [9.17, 15) is 24.5 Å². The maximum absolute atomic E-state index is 12.5. The van der Waals surface area contributed by atoms with Crippen molar-refractivity contribution in [3.8, 4) is 5.75 Å². The minimum atomic E-state index is -0.790. The number of amides is 2. The Bertz CT molecular complexity index is 987. The van der Waals surface area contributed by atoms with Gasteiger partial charge in [-0.25, -0.2) is 0 Å². The summed E-state index contributed by atoms with van der Waals surface area (Å²) in [6, 6.07) is 10.2. The fourth-order valence-electron chi connectivity index (χ4n) is 2.83. The van der Waals surface area contributed by atoms with Crippen LogP contribution in [0.2, 0.25) is 0 Å². The molecule has 9 nitrogen and oxygen atoms in total. The first kappa shape index (κ1) is 19.0. The van der Waals surface area contributed by atoms with Crippen molar-refractivity contribution in [3.63, 3.8) is 0 Å². The summed E-state index contributed by atoms with van der Waals surface area (Å²) in [6.07, 6.45) is -0.790. The largest absolute Gasteiger partial charge is 0.479 e. The van der Waals surface area contributed by atoms with Gasteiger partial charge < -0.3 is 10.1 Å². The van der Waals surface area contributed by atoms with E-state index < -0.39 is 22.8 Å². The van der Waals surface area contributed by atoms with Crippen LogP contribution in [-0.2, 0) is 9.59 Å². The van der Waals surface area contributed by atoms with Crippen molar-refractivity contribution in [1.29, 1.82) is 0 Å². The highest BCUT2D eigenvalue weighted by atomic mass is 16.6. The zero-order chi connectivity index (χ0) is 20.4. The average Bonchev–Trinajstić information content (AvgIpc) is 2.65. The van der Waals surface area contributed by atoms with Gasteiger partial charge in [0.25, 0.3) is 11.6 Å². The number of fused-ring (bicyclic) bond motifs is 1. The van der Waals surface area contributed by atoms with Crippen molar-refractivity contribution in [1.82, 2.24) is 0 Å². The van der Waals surface area contributed by atoms with E-state index in [-0.39, 0.29) is 23.7 Å². The van der Waals surface area contributed by atoms with Gasteiger partial charge in [0.15, 0.2) is 11.9 Å². The van der Waals surface area contributed by atoms with E-state index in [2.05, 4.69) is 5.32 Å². The fraction of sp³-hybridized carbons (Fsp3) is 0.211. The molecule has 144 valence electrons. The number of Topliss-reactive ketones (excluding diaryl/α,β-unsaturated/α-hetero) is 1. The molecule has 2 aromatic carbocycles. The first-order chi connectivity index (χ1) is 13.3. The Morgan fingerprint density at radius 3 is 2.68 bits per heavy atom. The van der Waals surface area contributed by atoms with Crippen molar-refractivity contribution in [2.45, 2.75) is 20.0 Å². The van der Waals surface area contributed by atoms with Gasteiger partial charge in [-0.05, 0) is 38.1 Å². The van der Waals surface area contributed by atoms with Crippen LogP contribution in [0.15, 0.2) is 42.5 Å². The number of hydrogen-bond acceptors (Lipinski definition) is 6. The molecular weight excluding hydrogens is 366 g/mol. The Morgan fingerprint density at radius 2 is 2.00 bits per heavy atom. The second kappa shape index (κ2) is 7.47. The molecule has 0 fully saturated rings. The quantitative estimate of drug-likeness (QED) is 0.481. The number of carbonyl (C=O) groups excluding carboxylic acids is 3. The molecule has 1 aliphatic heterocycles. The second-order valence-corrected chi connectivity index (χ2v) is 6.28. The number of anilines is 2. The summed E-state index contributed by atoms with van der Waals surface area (Å²) in [4.78, 5) is 48.2. The van der Waals surface area contributed by atoms with Gasteiger partial charge in [-0.2, -0.15) is 0 Å². The van der Waals surface area contributed by atoms with E-state index in [0.717, 1.165) is 0 Å². The summed E-state index contributed by atoms with van der Waals surface area (Å²) in [6.45, 7) is 2.63. The number of ether oxygens (including phenoxy) is 1. The second-order valence-electron chi connectivity index (χ2n) is 6.28. The number of hydrogen-bond donors (Lipinski definition) is 1. The minimum Gasteiger partial charge on any atom is -0.479 e. The lowest BCUT2D eigenvalue weighted by atomic mass is 10.1. The smallest absolute Gasteiger partial charge is 0.271 e. The highest BCUT2D eigenvalue weighted by molar-refractivity contribution is 6.07. The third kappa shape index (κ3) is 3.83. The van der Waals surface area contributed by atoms with Gasteiger partial charge >= 0.3 is 0 Å². The monoisotopic (exact) mass is 383 g/mol. The highest BCUT2D eigenvalue weighted by Gasteiger charge is 2.33. The molecule has 0 saturated heterocycles. The molecule has 2 aromatic rings. The number of benzene rings is 2. The molecule has 0 radical (unpaired) electrons. The molecule has 2 amide bonds. The average molecular weight is 383 g/mol. The lowest BCUT2D eigenvalue weighted by Gasteiger charge is -2.32. The SMILES string of the molecule is CC(=O)c1ccc2c(c1)N(CC(=O)Nc1cccc([N+](=O)[O-])c1)C(=O)C(C)O2. The third-order valence-corrected chi connectivity index (χ3v) is 4.22. The number of nitrogens with one attached hydrogen (secondary N) is 1. The van der Waals surface area contributed by atoms with Crippen LogP contribution in [0, 0.1) is 10.1 Å². The Labute approximate surface area is 160 Å². The van der Waals surface area contributed by atoms with Gasteiger partial charge in [0, 0.05) is 23.4 Å². The van der Waals surface area contributed by atoms with E-state index in [1.165, 1.54) is 42.2 Å². The molecule has 28 heavy (non-hydrogen) atoms. The summed E-state index contributed by atoms with van der Waals surface area (Å²) in [5.41, 5.74) is 0.787. The summed E-state index contributed by atoms with van der Waals surface area (Å²) in [5.74, 6) is -0.764. The molecule has 1 N–H and O–H groups in total. The zero-order valence-corrected chi connectivity index (χ0v) is 15.2. The molecule has 0 bridgehead atoms. The predicted molar refractivity (Wildman–Crippen MR) is 101 cm³/mol. The number of carbonyl (C=O) groups is 3. The van der Waals surface area contributed by atoms with Crippen molar-refractivity contribution < 1.29 is 24.0 Å². The van der Waals surface area contributed by atoms with Crippen molar-refractivity contribution in [3.05, 3.63) is 58.1 Å². The Balaban J connectivity index is 1.85. The molecule has 3 rings (SSSR count). The molecule has 9 heteroatoms. The molecular formula is C19H17N3O6. The third-order valence-electron chi connectivity index (χ3n) is 4.22. The van der Waals surface area contributed by atoms with Crippen LogP contribution in [0.25, 0.3) is 0 Å². The maximum atomic E-state index is 12.5. The van der Waals surface area contributed by atoms with Crippen LogP contribution in [0.3, 0.4) is 0 Å². The van der Waals surface area contributed by atoms with Gasteiger partial charge in [0.1, 0.15) is 12.3 Å². The molecule has 0 spiro atoms. The van der Waals surface area contributed by atoms with Gasteiger partial charge in [-0.1, -0.05) is 6.07 Å². The minimum absolute atomic E-state index is 0.162. The van der Waals surface area contributed by atoms with Gasteiger partial charge in [0.2, 0.25) is 5.91 Å². The molecule has 1 aliphatic rings. The van der Waals surface area contributed by atoms with Gasteiger partial charge in [-0.15, -0.1) is 0 Å². The van der Waals surface area contributed by atoms with E-state index in [0.29, 0.717) is 17.0 Å². The van der Waals surface area contributed by atoms with Crippen LogP contribution >= 0.6 is 0 Å². The van der Waals surface area contributed by atoms with Gasteiger partial charge in [-0.3, -0.25) is 29.4 Å². The molecule has 0 aromatic heterocycles. The highest BCUT2D eigenvalue weighted by Crippen LogP contribution is 2.35. The van der Waals surface area contributed by atoms with Crippen LogP contribution in [-0.4, -0.2) is 35.2 Å².